The molecule has 0 saturated carbocycles. The first-order valence-corrected chi connectivity index (χ1v) is 6.45. The van der Waals surface area contributed by atoms with Gasteiger partial charge in [0, 0.05) is 30.9 Å². The van der Waals surface area contributed by atoms with E-state index in [9.17, 15) is 0 Å². The molecule has 0 bridgehead atoms. The Morgan fingerprint density at radius 1 is 1.13 bits per heavy atom. The Hall–Kier alpha value is 0.190. The summed E-state index contributed by atoms with van der Waals surface area (Å²) < 4.78 is 0. The van der Waals surface area contributed by atoms with Gasteiger partial charge in [0.15, 0.2) is 0 Å². The van der Waals surface area contributed by atoms with Crippen LogP contribution in [0, 0.1) is 5.41 Å². The van der Waals surface area contributed by atoms with Crippen LogP contribution in [0.25, 0.3) is 0 Å². The molecule has 92 valence electrons. The molecule has 0 aliphatic rings. The molecular formula is C10H23NO3S. The largest absolute Gasteiger partial charge is 0.396 e. The number of hydrogen-bond donors (Lipinski definition) is 4. The SMILES string of the molecule is CC(CO)(CO)CNCCSCCCO. The molecule has 0 spiro atoms. The van der Waals surface area contributed by atoms with Crippen molar-refractivity contribution >= 4 is 11.8 Å². The van der Waals surface area contributed by atoms with Crippen LogP contribution in [0.15, 0.2) is 0 Å². The van der Waals surface area contributed by atoms with Crippen LogP contribution in [-0.4, -0.2) is 59.7 Å². The number of aliphatic hydroxyl groups excluding tert-OH is 3. The van der Waals surface area contributed by atoms with E-state index in [0.717, 1.165) is 24.5 Å². The minimum atomic E-state index is -0.421. The molecule has 0 rings (SSSR count). The van der Waals surface area contributed by atoms with Gasteiger partial charge in [0.2, 0.25) is 0 Å². The maximum atomic E-state index is 9.02. The molecule has 0 aliphatic carbocycles. The molecule has 0 atom stereocenters. The molecule has 0 radical (unpaired) electrons. The fraction of sp³-hybridized carbons (Fsp3) is 1.00. The van der Waals surface area contributed by atoms with E-state index in [2.05, 4.69) is 5.32 Å². The zero-order chi connectivity index (χ0) is 11.6. The summed E-state index contributed by atoms with van der Waals surface area (Å²) in [4.78, 5) is 0. The first kappa shape index (κ1) is 15.2. The Kier molecular flexibility index (Phi) is 9.54. The highest BCUT2D eigenvalue weighted by Gasteiger charge is 2.21. The predicted molar refractivity (Wildman–Crippen MR) is 64.2 cm³/mol. The maximum absolute atomic E-state index is 9.02. The van der Waals surface area contributed by atoms with Gasteiger partial charge in [0.05, 0.1) is 13.2 Å². The summed E-state index contributed by atoms with van der Waals surface area (Å²) in [5, 5.41) is 29.8. The van der Waals surface area contributed by atoms with Gasteiger partial charge in [-0.05, 0) is 12.2 Å². The monoisotopic (exact) mass is 237 g/mol. The van der Waals surface area contributed by atoms with Gasteiger partial charge < -0.3 is 20.6 Å². The van der Waals surface area contributed by atoms with Crippen molar-refractivity contribution in [2.45, 2.75) is 13.3 Å². The lowest BCUT2D eigenvalue weighted by Crippen LogP contribution is -2.38. The minimum Gasteiger partial charge on any atom is -0.396 e. The van der Waals surface area contributed by atoms with Crippen LogP contribution < -0.4 is 5.32 Å². The third-order valence-corrected chi connectivity index (χ3v) is 3.26. The number of hydrogen-bond acceptors (Lipinski definition) is 5. The summed E-state index contributed by atoms with van der Waals surface area (Å²) >= 11 is 1.80. The topological polar surface area (TPSA) is 72.7 Å². The van der Waals surface area contributed by atoms with Crippen LogP contribution in [-0.2, 0) is 0 Å². The first-order chi connectivity index (χ1) is 7.18. The molecule has 0 aliphatic heterocycles. The van der Waals surface area contributed by atoms with E-state index in [1.807, 2.05) is 6.92 Å². The highest BCUT2D eigenvalue weighted by molar-refractivity contribution is 7.99. The zero-order valence-electron chi connectivity index (χ0n) is 9.41. The van der Waals surface area contributed by atoms with Gasteiger partial charge in [-0.2, -0.15) is 11.8 Å². The van der Waals surface area contributed by atoms with E-state index in [1.54, 1.807) is 11.8 Å². The van der Waals surface area contributed by atoms with Crippen molar-refractivity contribution < 1.29 is 15.3 Å². The molecule has 0 saturated heterocycles. The lowest BCUT2D eigenvalue weighted by molar-refractivity contribution is 0.0703. The van der Waals surface area contributed by atoms with E-state index in [4.69, 9.17) is 15.3 Å². The van der Waals surface area contributed by atoms with Crippen LogP contribution in [0.4, 0.5) is 0 Å². The molecule has 0 aromatic heterocycles. The van der Waals surface area contributed by atoms with Crippen molar-refractivity contribution in [2.24, 2.45) is 5.41 Å². The predicted octanol–water partition coefficient (Wildman–Crippen LogP) is -0.318. The Labute approximate surface area is 96.1 Å². The Bertz CT molecular complexity index is 143. The molecule has 15 heavy (non-hydrogen) atoms. The molecular weight excluding hydrogens is 214 g/mol. The number of nitrogens with one attached hydrogen (secondary N) is 1. The van der Waals surface area contributed by atoms with Crippen LogP contribution in [0.2, 0.25) is 0 Å². The summed E-state index contributed by atoms with van der Waals surface area (Å²) in [5.74, 6) is 1.97. The molecule has 0 aromatic rings. The quantitative estimate of drug-likeness (QED) is 0.392. The first-order valence-electron chi connectivity index (χ1n) is 5.29. The number of thioether (sulfide) groups is 1. The lowest BCUT2D eigenvalue weighted by Gasteiger charge is -2.24. The van der Waals surface area contributed by atoms with Gasteiger partial charge in [-0.15, -0.1) is 0 Å². The summed E-state index contributed by atoms with van der Waals surface area (Å²) in [5.41, 5.74) is -0.421. The average Bonchev–Trinajstić information content (AvgIpc) is 2.27. The zero-order valence-corrected chi connectivity index (χ0v) is 10.2. The Morgan fingerprint density at radius 3 is 2.33 bits per heavy atom. The molecule has 0 fully saturated rings. The van der Waals surface area contributed by atoms with E-state index in [0.29, 0.717) is 6.54 Å². The van der Waals surface area contributed by atoms with Crippen LogP contribution in [0.1, 0.15) is 13.3 Å². The van der Waals surface area contributed by atoms with Gasteiger partial charge in [-0.3, -0.25) is 0 Å². The average molecular weight is 237 g/mol. The molecule has 0 aromatic carbocycles. The molecule has 0 heterocycles. The Balaban J connectivity index is 3.29. The van der Waals surface area contributed by atoms with Crippen molar-refractivity contribution in [1.82, 2.24) is 5.32 Å². The molecule has 4 N–H and O–H groups in total. The molecule has 5 heteroatoms. The Morgan fingerprint density at radius 2 is 1.80 bits per heavy atom. The van der Waals surface area contributed by atoms with Crippen molar-refractivity contribution in [2.75, 3.05) is 44.4 Å². The highest BCUT2D eigenvalue weighted by atomic mass is 32.2. The third kappa shape index (κ3) is 8.04. The van der Waals surface area contributed by atoms with Gasteiger partial charge in [-0.25, -0.2) is 0 Å². The summed E-state index contributed by atoms with van der Waals surface area (Å²) in [6.07, 6.45) is 0.843. The molecule has 0 amide bonds. The van der Waals surface area contributed by atoms with Crippen LogP contribution in [0.5, 0.6) is 0 Å². The smallest absolute Gasteiger partial charge is 0.0518 e. The second kappa shape index (κ2) is 9.42. The lowest BCUT2D eigenvalue weighted by atomic mass is 9.93. The van der Waals surface area contributed by atoms with Crippen molar-refractivity contribution in [3.8, 4) is 0 Å². The second-order valence-electron chi connectivity index (χ2n) is 3.99. The fourth-order valence-corrected chi connectivity index (χ4v) is 1.79. The number of aliphatic hydroxyl groups is 3. The van der Waals surface area contributed by atoms with Gasteiger partial charge >= 0.3 is 0 Å². The van der Waals surface area contributed by atoms with Crippen molar-refractivity contribution in [3.05, 3.63) is 0 Å². The van der Waals surface area contributed by atoms with Crippen molar-refractivity contribution in [1.29, 1.82) is 0 Å². The summed E-state index contributed by atoms with van der Waals surface area (Å²) in [6.45, 7) is 3.58. The van der Waals surface area contributed by atoms with Crippen LogP contribution >= 0.6 is 11.8 Å². The van der Waals surface area contributed by atoms with E-state index < -0.39 is 5.41 Å². The van der Waals surface area contributed by atoms with Crippen molar-refractivity contribution in [3.63, 3.8) is 0 Å². The normalized spacial score (nSPS) is 12.0. The van der Waals surface area contributed by atoms with Gasteiger partial charge in [0.25, 0.3) is 0 Å². The van der Waals surface area contributed by atoms with E-state index in [1.165, 1.54) is 0 Å². The summed E-state index contributed by atoms with van der Waals surface area (Å²) in [7, 11) is 0. The van der Waals surface area contributed by atoms with E-state index >= 15 is 0 Å². The molecule has 4 nitrogen and oxygen atoms in total. The van der Waals surface area contributed by atoms with Gasteiger partial charge in [0.1, 0.15) is 0 Å². The molecule has 0 unspecified atom stereocenters. The minimum absolute atomic E-state index is 0.00580. The van der Waals surface area contributed by atoms with Crippen LogP contribution in [0.3, 0.4) is 0 Å². The maximum Gasteiger partial charge on any atom is 0.0518 e. The standard InChI is InChI=1S/C10H23NO3S/c1-10(8-13,9-14)7-11-3-6-15-5-2-4-12/h11-14H,2-9H2,1H3. The highest BCUT2D eigenvalue weighted by Crippen LogP contribution is 2.11. The number of rotatable bonds is 10. The third-order valence-electron chi connectivity index (χ3n) is 2.19. The second-order valence-corrected chi connectivity index (χ2v) is 5.22. The fourth-order valence-electron chi connectivity index (χ4n) is 0.965. The summed E-state index contributed by atoms with van der Waals surface area (Å²) in [6, 6.07) is 0. The van der Waals surface area contributed by atoms with E-state index in [-0.39, 0.29) is 19.8 Å². The van der Waals surface area contributed by atoms with Gasteiger partial charge in [-0.1, -0.05) is 6.92 Å².